The van der Waals surface area contributed by atoms with Crippen LogP contribution in [0.5, 0.6) is 0 Å². The van der Waals surface area contributed by atoms with Crippen LogP contribution in [0.3, 0.4) is 0 Å². The molecule has 1 aromatic rings. The molecule has 2 N–H and O–H groups in total. The van der Waals surface area contributed by atoms with Gasteiger partial charge in [-0.2, -0.15) is 0 Å². The molecule has 6 heteroatoms. The minimum Gasteiger partial charge on any atom is -0.357 e. The zero-order valence-electron chi connectivity index (χ0n) is 14.6. The molecule has 0 bridgehead atoms. The lowest BCUT2D eigenvalue weighted by atomic mass is 10.2. The first-order valence-corrected chi connectivity index (χ1v) is 8.03. The second-order valence-corrected chi connectivity index (χ2v) is 5.49. The van der Waals surface area contributed by atoms with E-state index in [9.17, 15) is 4.39 Å². The van der Waals surface area contributed by atoms with E-state index in [2.05, 4.69) is 41.4 Å². The number of benzene rings is 1. The van der Waals surface area contributed by atoms with Gasteiger partial charge in [-0.05, 0) is 45.0 Å². The van der Waals surface area contributed by atoms with Crippen LogP contribution in [0, 0.1) is 5.82 Å². The van der Waals surface area contributed by atoms with E-state index in [1.807, 2.05) is 6.92 Å². The average Bonchev–Trinajstić information content (AvgIpc) is 2.53. The molecule has 0 radical (unpaired) electrons. The number of rotatable bonds is 8. The van der Waals surface area contributed by atoms with E-state index >= 15 is 0 Å². The van der Waals surface area contributed by atoms with Crippen LogP contribution in [-0.2, 0) is 6.54 Å². The van der Waals surface area contributed by atoms with Crippen LogP contribution in [0.1, 0.15) is 32.8 Å². The monoisotopic (exact) mass is 436 g/mol. The Hall–Kier alpha value is -0.890. The van der Waals surface area contributed by atoms with Gasteiger partial charge in [-0.3, -0.25) is 0 Å². The average molecular weight is 436 g/mol. The second-order valence-electron chi connectivity index (χ2n) is 5.49. The lowest BCUT2D eigenvalue weighted by Gasteiger charge is -2.24. The zero-order chi connectivity index (χ0) is 16.4. The minimum atomic E-state index is -0.217. The standard InChI is InChI=1S/C17H29FN4.HI/c1-5-14(3)22(4)12-11-20-17(19-6-2)21-13-15-7-9-16(18)10-8-15;/h7-10,14H,5-6,11-13H2,1-4H3,(H2,19,20,21);1H. The number of hydrogen-bond acceptors (Lipinski definition) is 2. The highest BCUT2D eigenvalue weighted by Gasteiger charge is 2.06. The van der Waals surface area contributed by atoms with Crippen molar-refractivity contribution in [2.24, 2.45) is 4.99 Å². The molecular weight excluding hydrogens is 406 g/mol. The molecular formula is C17H30FIN4. The molecule has 132 valence electrons. The second kappa shape index (κ2) is 12.5. The van der Waals surface area contributed by atoms with Crippen LogP contribution in [0.2, 0.25) is 0 Å². The molecule has 0 saturated carbocycles. The van der Waals surface area contributed by atoms with Gasteiger partial charge in [-0.1, -0.05) is 19.1 Å². The van der Waals surface area contributed by atoms with Gasteiger partial charge in [0.25, 0.3) is 0 Å². The van der Waals surface area contributed by atoms with E-state index in [-0.39, 0.29) is 29.8 Å². The molecule has 0 heterocycles. The fraction of sp³-hybridized carbons (Fsp3) is 0.588. The van der Waals surface area contributed by atoms with Crippen LogP contribution in [-0.4, -0.2) is 43.6 Å². The van der Waals surface area contributed by atoms with Crippen LogP contribution >= 0.6 is 24.0 Å². The van der Waals surface area contributed by atoms with Gasteiger partial charge in [0.05, 0.1) is 6.54 Å². The van der Waals surface area contributed by atoms with Crippen molar-refractivity contribution in [2.75, 3.05) is 26.7 Å². The number of guanidine groups is 1. The summed E-state index contributed by atoms with van der Waals surface area (Å²) >= 11 is 0. The molecule has 0 aromatic heterocycles. The Labute approximate surface area is 157 Å². The molecule has 0 amide bonds. The summed E-state index contributed by atoms with van der Waals surface area (Å²) < 4.78 is 12.9. The number of hydrogen-bond donors (Lipinski definition) is 2. The molecule has 1 unspecified atom stereocenters. The maximum absolute atomic E-state index is 12.9. The molecule has 0 fully saturated rings. The van der Waals surface area contributed by atoms with Crippen molar-refractivity contribution in [3.63, 3.8) is 0 Å². The Kier molecular flexibility index (Phi) is 12.0. The fourth-order valence-electron chi connectivity index (χ4n) is 1.98. The molecule has 1 atom stereocenters. The predicted octanol–water partition coefficient (Wildman–Crippen LogP) is 3.23. The van der Waals surface area contributed by atoms with Gasteiger partial charge in [-0.15, -0.1) is 24.0 Å². The largest absolute Gasteiger partial charge is 0.357 e. The third-order valence-corrected chi connectivity index (χ3v) is 3.78. The molecule has 4 nitrogen and oxygen atoms in total. The maximum Gasteiger partial charge on any atom is 0.191 e. The molecule has 0 aliphatic carbocycles. The van der Waals surface area contributed by atoms with Crippen molar-refractivity contribution in [3.8, 4) is 0 Å². The molecule has 0 aliphatic rings. The van der Waals surface area contributed by atoms with Crippen LogP contribution in [0.4, 0.5) is 4.39 Å². The molecule has 1 aromatic carbocycles. The van der Waals surface area contributed by atoms with Crippen molar-refractivity contribution in [1.29, 1.82) is 0 Å². The maximum atomic E-state index is 12.9. The van der Waals surface area contributed by atoms with Gasteiger partial charge in [0.15, 0.2) is 5.96 Å². The van der Waals surface area contributed by atoms with E-state index in [1.165, 1.54) is 12.1 Å². The topological polar surface area (TPSA) is 39.7 Å². The van der Waals surface area contributed by atoms with Crippen molar-refractivity contribution in [3.05, 3.63) is 35.6 Å². The summed E-state index contributed by atoms with van der Waals surface area (Å²) in [5.41, 5.74) is 0.996. The first kappa shape index (κ1) is 22.1. The smallest absolute Gasteiger partial charge is 0.191 e. The van der Waals surface area contributed by atoms with E-state index in [0.717, 1.165) is 37.6 Å². The third kappa shape index (κ3) is 9.10. The van der Waals surface area contributed by atoms with Crippen LogP contribution in [0.15, 0.2) is 29.3 Å². The van der Waals surface area contributed by atoms with E-state index < -0.39 is 0 Å². The highest BCUT2D eigenvalue weighted by molar-refractivity contribution is 14.0. The first-order valence-electron chi connectivity index (χ1n) is 8.03. The third-order valence-electron chi connectivity index (χ3n) is 3.78. The summed E-state index contributed by atoms with van der Waals surface area (Å²) in [6, 6.07) is 7.04. The predicted molar refractivity (Wildman–Crippen MR) is 107 cm³/mol. The number of nitrogens with zero attached hydrogens (tertiary/aromatic N) is 2. The summed E-state index contributed by atoms with van der Waals surface area (Å²) in [5, 5.41) is 6.56. The molecule has 0 saturated heterocycles. The van der Waals surface area contributed by atoms with E-state index in [0.29, 0.717) is 12.6 Å². The van der Waals surface area contributed by atoms with Crippen LogP contribution in [0.25, 0.3) is 0 Å². The molecule has 1 rings (SSSR count). The Balaban J connectivity index is 0.00000484. The SMILES string of the molecule is CCNC(=NCc1ccc(F)cc1)NCCN(C)C(C)CC.I. The van der Waals surface area contributed by atoms with Gasteiger partial charge in [-0.25, -0.2) is 9.38 Å². The Morgan fingerprint density at radius 3 is 2.43 bits per heavy atom. The summed E-state index contributed by atoms with van der Waals surface area (Å²) in [5.74, 6) is 0.579. The lowest BCUT2D eigenvalue weighted by molar-refractivity contribution is 0.255. The highest BCUT2D eigenvalue weighted by Crippen LogP contribution is 2.04. The fourth-order valence-corrected chi connectivity index (χ4v) is 1.98. The van der Waals surface area contributed by atoms with E-state index in [4.69, 9.17) is 0 Å². The van der Waals surface area contributed by atoms with Gasteiger partial charge in [0, 0.05) is 25.7 Å². The molecule has 23 heavy (non-hydrogen) atoms. The highest BCUT2D eigenvalue weighted by atomic mass is 127. The quantitative estimate of drug-likeness (QED) is 0.374. The van der Waals surface area contributed by atoms with Gasteiger partial charge >= 0.3 is 0 Å². The van der Waals surface area contributed by atoms with Gasteiger partial charge in [0.1, 0.15) is 5.82 Å². The summed E-state index contributed by atoms with van der Waals surface area (Å²) in [6.07, 6.45) is 1.15. The molecule has 0 aliphatic heterocycles. The Morgan fingerprint density at radius 1 is 1.22 bits per heavy atom. The normalized spacial score (nSPS) is 12.7. The molecule has 0 spiro atoms. The van der Waals surface area contributed by atoms with Gasteiger partial charge in [0.2, 0.25) is 0 Å². The number of aliphatic imine (C=N–C) groups is 1. The minimum absolute atomic E-state index is 0. The number of likely N-dealkylation sites (N-methyl/N-ethyl adjacent to an activating group) is 1. The zero-order valence-corrected chi connectivity index (χ0v) is 16.9. The summed E-state index contributed by atoms with van der Waals surface area (Å²) in [6.45, 7) is 9.64. The first-order chi connectivity index (χ1) is 10.6. The number of halogens is 2. The van der Waals surface area contributed by atoms with Crippen molar-refractivity contribution in [2.45, 2.75) is 39.8 Å². The van der Waals surface area contributed by atoms with Crippen molar-refractivity contribution in [1.82, 2.24) is 15.5 Å². The Morgan fingerprint density at radius 2 is 1.87 bits per heavy atom. The summed E-state index contributed by atoms with van der Waals surface area (Å²) in [7, 11) is 2.14. The van der Waals surface area contributed by atoms with E-state index in [1.54, 1.807) is 12.1 Å². The Bertz CT molecular complexity index is 450. The van der Waals surface area contributed by atoms with Gasteiger partial charge < -0.3 is 15.5 Å². The van der Waals surface area contributed by atoms with Crippen molar-refractivity contribution >= 4 is 29.9 Å². The van der Waals surface area contributed by atoms with Crippen molar-refractivity contribution < 1.29 is 4.39 Å². The summed E-state index contributed by atoms with van der Waals surface area (Å²) in [4.78, 5) is 6.86. The van der Waals surface area contributed by atoms with Crippen LogP contribution < -0.4 is 10.6 Å². The number of nitrogens with one attached hydrogen (secondary N) is 2. The lowest BCUT2D eigenvalue weighted by Crippen LogP contribution is -2.42.